The lowest BCUT2D eigenvalue weighted by Crippen LogP contribution is -2.09. The van der Waals surface area contributed by atoms with E-state index in [1.54, 1.807) is 25.3 Å². The van der Waals surface area contributed by atoms with Crippen LogP contribution < -0.4 is 4.74 Å². The SMILES string of the molecule is COc1ccc(C(C)=O)cc1CSc1nc2cc(F)ccc2n1CC(=O)O. The number of thioether (sulfide) groups is 1. The third kappa shape index (κ3) is 4.11. The van der Waals surface area contributed by atoms with Gasteiger partial charge in [0.25, 0.3) is 0 Å². The summed E-state index contributed by atoms with van der Waals surface area (Å²) < 4.78 is 20.4. The predicted octanol–water partition coefficient (Wildman–Crippen LogP) is 3.76. The molecule has 0 aliphatic heterocycles. The number of ketones is 1. The van der Waals surface area contributed by atoms with Gasteiger partial charge in [-0.3, -0.25) is 9.59 Å². The number of carbonyl (C=O) groups is 2. The summed E-state index contributed by atoms with van der Waals surface area (Å²) in [7, 11) is 1.54. The molecule has 3 rings (SSSR count). The van der Waals surface area contributed by atoms with Gasteiger partial charge in [-0.05, 0) is 37.3 Å². The van der Waals surface area contributed by atoms with E-state index in [4.69, 9.17) is 4.74 Å². The van der Waals surface area contributed by atoms with E-state index in [1.165, 1.54) is 41.5 Å². The molecule has 140 valence electrons. The van der Waals surface area contributed by atoms with E-state index < -0.39 is 11.8 Å². The van der Waals surface area contributed by atoms with Crippen molar-refractivity contribution in [2.45, 2.75) is 24.4 Å². The Hall–Kier alpha value is -2.87. The molecule has 0 saturated heterocycles. The minimum Gasteiger partial charge on any atom is -0.496 e. The molecule has 1 aromatic heterocycles. The molecule has 0 unspecified atom stereocenters. The number of benzene rings is 2. The molecule has 0 radical (unpaired) electrons. The highest BCUT2D eigenvalue weighted by Crippen LogP contribution is 2.31. The molecule has 0 spiro atoms. The van der Waals surface area contributed by atoms with Gasteiger partial charge in [0.1, 0.15) is 18.1 Å². The maximum Gasteiger partial charge on any atom is 0.323 e. The molecule has 3 aromatic rings. The Labute approximate surface area is 159 Å². The van der Waals surface area contributed by atoms with Crippen molar-refractivity contribution in [1.82, 2.24) is 9.55 Å². The molecule has 0 atom stereocenters. The van der Waals surface area contributed by atoms with Crippen LogP contribution in [-0.4, -0.2) is 33.5 Å². The van der Waals surface area contributed by atoms with Crippen molar-refractivity contribution in [3.8, 4) is 5.75 Å². The third-order valence-corrected chi connectivity index (χ3v) is 5.04. The van der Waals surface area contributed by atoms with Crippen molar-refractivity contribution in [2.24, 2.45) is 0 Å². The van der Waals surface area contributed by atoms with Crippen molar-refractivity contribution in [2.75, 3.05) is 7.11 Å². The Morgan fingerprint density at radius 1 is 1.26 bits per heavy atom. The molecule has 1 heterocycles. The number of fused-ring (bicyclic) bond motifs is 1. The maximum absolute atomic E-state index is 13.5. The van der Waals surface area contributed by atoms with E-state index in [0.717, 1.165) is 5.56 Å². The lowest BCUT2D eigenvalue weighted by Gasteiger charge is -2.10. The number of aromatic nitrogens is 2. The van der Waals surface area contributed by atoms with E-state index in [2.05, 4.69) is 4.98 Å². The first-order chi connectivity index (χ1) is 12.9. The molecule has 2 aromatic carbocycles. The number of rotatable bonds is 7. The number of carbonyl (C=O) groups excluding carboxylic acids is 1. The highest BCUT2D eigenvalue weighted by molar-refractivity contribution is 7.98. The van der Waals surface area contributed by atoms with Crippen LogP contribution in [0.15, 0.2) is 41.6 Å². The van der Waals surface area contributed by atoms with Crippen LogP contribution in [0.1, 0.15) is 22.8 Å². The number of ether oxygens (including phenoxy) is 1. The molecule has 6 nitrogen and oxygen atoms in total. The Kier molecular flexibility index (Phi) is 5.46. The van der Waals surface area contributed by atoms with Crippen LogP contribution in [0.5, 0.6) is 5.75 Å². The fourth-order valence-corrected chi connectivity index (χ4v) is 3.72. The van der Waals surface area contributed by atoms with E-state index >= 15 is 0 Å². The molecule has 0 fully saturated rings. The summed E-state index contributed by atoms with van der Waals surface area (Å²) in [5.41, 5.74) is 2.29. The number of carboxylic acids is 1. The van der Waals surface area contributed by atoms with E-state index in [9.17, 15) is 19.1 Å². The van der Waals surface area contributed by atoms with Gasteiger partial charge in [-0.25, -0.2) is 9.37 Å². The molecule has 0 amide bonds. The number of carboxylic acid groups (broad SMARTS) is 1. The van der Waals surface area contributed by atoms with Gasteiger partial charge in [0.05, 0.1) is 18.1 Å². The molecule has 27 heavy (non-hydrogen) atoms. The average molecular weight is 388 g/mol. The van der Waals surface area contributed by atoms with Crippen molar-refractivity contribution in [1.29, 1.82) is 0 Å². The van der Waals surface area contributed by atoms with Gasteiger partial charge < -0.3 is 14.4 Å². The van der Waals surface area contributed by atoms with Crippen molar-refractivity contribution >= 4 is 34.5 Å². The second kappa shape index (κ2) is 7.79. The fraction of sp³-hybridized carbons (Fsp3) is 0.211. The summed E-state index contributed by atoms with van der Waals surface area (Å²) in [6, 6.07) is 9.23. The highest BCUT2D eigenvalue weighted by Gasteiger charge is 2.16. The van der Waals surface area contributed by atoms with Crippen molar-refractivity contribution in [3.63, 3.8) is 0 Å². The molecule has 1 N–H and O–H groups in total. The Balaban J connectivity index is 1.96. The molecule has 0 bridgehead atoms. The zero-order valence-electron chi connectivity index (χ0n) is 14.7. The zero-order chi connectivity index (χ0) is 19.6. The van der Waals surface area contributed by atoms with E-state index in [0.29, 0.717) is 33.3 Å². The van der Waals surface area contributed by atoms with Gasteiger partial charge in [-0.2, -0.15) is 0 Å². The van der Waals surface area contributed by atoms with Crippen molar-refractivity contribution in [3.05, 3.63) is 53.3 Å². The zero-order valence-corrected chi connectivity index (χ0v) is 15.5. The van der Waals surface area contributed by atoms with Crippen molar-refractivity contribution < 1.29 is 23.8 Å². The largest absolute Gasteiger partial charge is 0.496 e. The summed E-state index contributed by atoms with van der Waals surface area (Å²) >= 11 is 1.30. The van der Waals surface area contributed by atoms with Crippen LogP contribution in [0.2, 0.25) is 0 Å². The highest BCUT2D eigenvalue weighted by atomic mass is 32.2. The number of hydrogen-bond acceptors (Lipinski definition) is 5. The Morgan fingerprint density at radius 2 is 2.04 bits per heavy atom. The van der Waals surface area contributed by atoms with Gasteiger partial charge in [0.15, 0.2) is 10.9 Å². The van der Waals surface area contributed by atoms with Gasteiger partial charge in [-0.1, -0.05) is 11.8 Å². The van der Waals surface area contributed by atoms with Gasteiger partial charge in [-0.15, -0.1) is 0 Å². The molecule has 8 heteroatoms. The molecule has 0 saturated carbocycles. The summed E-state index contributed by atoms with van der Waals surface area (Å²) in [6.07, 6.45) is 0. The van der Waals surface area contributed by atoms with Crippen LogP contribution in [0.3, 0.4) is 0 Å². The maximum atomic E-state index is 13.5. The standard InChI is InChI=1S/C19H17FN2O4S/c1-11(23)12-3-6-17(26-2)13(7-12)10-27-19-21-15-8-14(20)4-5-16(15)22(19)9-18(24)25/h3-8H,9-10H2,1-2H3,(H,24,25). The monoisotopic (exact) mass is 388 g/mol. The predicted molar refractivity (Wildman–Crippen MR) is 99.9 cm³/mol. The van der Waals surface area contributed by atoms with E-state index in [-0.39, 0.29) is 12.3 Å². The quantitative estimate of drug-likeness (QED) is 0.490. The van der Waals surface area contributed by atoms with Crippen LogP contribution in [0, 0.1) is 5.82 Å². The van der Waals surface area contributed by atoms with Gasteiger partial charge >= 0.3 is 5.97 Å². The Morgan fingerprint density at radius 3 is 2.70 bits per heavy atom. The van der Waals surface area contributed by atoms with Crippen LogP contribution in [0.25, 0.3) is 11.0 Å². The number of hydrogen-bond donors (Lipinski definition) is 1. The third-order valence-electron chi connectivity index (χ3n) is 4.01. The van der Waals surface area contributed by atoms with Crippen LogP contribution in [0.4, 0.5) is 4.39 Å². The summed E-state index contributed by atoms with van der Waals surface area (Å²) in [6.45, 7) is 1.20. The first-order valence-corrected chi connectivity index (χ1v) is 9.06. The molecule has 0 aliphatic rings. The summed E-state index contributed by atoms with van der Waals surface area (Å²) in [4.78, 5) is 27.2. The summed E-state index contributed by atoms with van der Waals surface area (Å²) in [5.74, 6) is -0.473. The molecular weight excluding hydrogens is 371 g/mol. The normalized spacial score (nSPS) is 10.9. The lowest BCUT2D eigenvalue weighted by atomic mass is 10.1. The Bertz CT molecular complexity index is 1030. The average Bonchev–Trinajstić information content (AvgIpc) is 2.95. The molecule has 0 aliphatic carbocycles. The van der Waals surface area contributed by atoms with E-state index in [1.807, 2.05) is 0 Å². The van der Waals surface area contributed by atoms with Crippen LogP contribution in [-0.2, 0) is 17.1 Å². The number of methoxy groups -OCH3 is 1. The topological polar surface area (TPSA) is 81.4 Å². The van der Waals surface area contributed by atoms with Gasteiger partial charge in [0, 0.05) is 22.9 Å². The molecular formula is C19H17FN2O4S. The van der Waals surface area contributed by atoms with Crippen LogP contribution >= 0.6 is 11.8 Å². The first-order valence-electron chi connectivity index (χ1n) is 8.07. The smallest absolute Gasteiger partial charge is 0.323 e. The van der Waals surface area contributed by atoms with Gasteiger partial charge in [0.2, 0.25) is 0 Å². The number of Topliss-reactive ketones (excluding diaryl/α,β-unsaturated/α-hetero) is 1. The summed E-state index contributed by atoms with van der Waals surface area (Å²) in [5, 5.41) is 9.65. The minimum absolute atomic E-state index is 0.0579. The fourth-order valence-electron chi connectivity index (χ4n) is 2.73. The second-order valence-corrected chi connectivity index (χ2v) is 6.82. The first kappa shape index (κ1) is 18.9. The number of halogens is 1. The second-order valence-electron chi connectivity index (χ2n) is 5.88. The number of imidazole rings is 1. The number of nitrogens with zero attached hydrogens (tertiary/aromatic N) is 2. The number of aliphatic carboxylic acids is 1. The lowest BCUT2D eigenvalue weighted by molar-refractivity contribution is -0.137. The minimum atomic E-state index is -1.02.